The zero-order valence-corrected chi connectivity index (χ0v) is 29.1. The molecule has 0 bridgehead atoms. The molecule has 0 unspecified atom stereocenters. The minimum Gasteiger partial charge on any atom is -0.456 e. The van der Waals surface area contributed by atoms with Gasteiger partial charge in [-0.1, -0.05) is 121 Å². The van der Waals surface area contributed by atoms with Gasteiger partial charge in [0, 0.05) is 54.5 Å². The molecule has 4 heterocycles. The Kier molecular flexibility index (Phi) is 5.90. The summed E-state index contributed by atoms with van der Waals surface area (Å²) in [5.41, 5.74) is 9.00. The van der Waals surface area contributed by atoms with E-state index < -0.39 is 0 Å². The molecule has 53 heavy (non-hydrogen) atoms. The zero-order valence-electron chi connectivity index (χ0n) is 28.2. The van der Waals surface area contributed by atoms with Gasteiger partial charge in [-0.15, -0.1) is 11.3 Å². The van der Waals surface area contributed by atoms with Crippen LogP contribution in [0.15, 0.2) is 168 Å². The Bertz CT molecular complexity index is 3370. The first-order valence-electron chi connectivity index (χ1n) is 17.8. The predicted molar refractivity (Wildman–Crippen MR) is 222 cm³/mol. The Balaban J connectivity index is 1.11. The van der Waals surface area contributed by atoms with Crippen LogP contribution in [0.4, 0.5) is 0 Å². The molecule has 0 N–H and O–H groups in total. The standard InChI is InChI=1S/C48H27N3OS/c1-2-13-30(14-3-1)45-47-46(35-17-8-9-20-41(35)53-47)50-48(49-45)36-18-10-19-39-42(36)34-24-23-31(27-40(34)52-39)51-37-25-21-28-11-4-6-15-32(28)43(37)44-33-16-7-5-12-29(33)22-26-38(44)51/h1-27H. The van der Waals surface area contributed by atoms with Crippen molar-refractivity contribution in [3.8, 4) is 28.3 Å². The Morgan fingerprint density at radius 1 is 0.491 bits per heavy atom. The fourth-order valence-corrected chi connectivity index (χ4v) is 9.62. The molecule has 246 valence electrons. The lowest BCUT2D eigenvalue weighted by molar-refractivity contribution is 0.668. The quantitative estimate of drug-likeness (QED) is 0.185. The molecule has 4 nitrogen and oxygen atoms in total. The van der Waals surface area contributed by atoms with E-state index in [0.717, 1.165) is 60.0 Å². The molecule has 0 spiro atoms. The maximum absolute atomic E-state index is 6.71. The van der Waals surface area contributed by atoms with Crippen LogP contribution in [-0.2, 0) is 0 Å². The average Bonchev–Trinajstić information content (AvgIpc) is 3.90. The lowest BCUT2D eigenvalue weighted by atomic mass is 10.00. The second kappa shape index (κ2) is 10.8. The molecule has 0 saturated heterocycles. The maximum Gasteiger partial charge on any atom is 0.161 e. The molecule has 0 aliphatic rings. The summed E-state index contributed by atoms with van der Waals surface area (Å²) >= 11 is 1.75. The molecule has 8 aromatic carbocycles. The van der Waals surface area contributed by atoms with Gasteiger partial charge in [-0.3, -0.25) is 0 Å². The molecule has 0 amide bonds. The summed E-state index contributed by atoms with van der Waals surface area (Å²) in [7, 11) is 0. The number of thiophene rings is 1. The first-order chi connectivity index (χ1) is 26.3. The number of fused-ring (bicyclic) bond motifs is 13. The highest BCUT2D eigenvalue weighted by Crippen LogP contribution is 2.44. The monoisotopic (exact) mass is 693 g/mol. The number of hydrogen-bond acceptors (Lipinski definition) is 4. The van der Waals surface area contributed by atoms with Crippen molar-refractivity contribution in [3.63, 3.8) is 0 Å². The number of furan rings is 1. The second-order valence-electron chi connectivity index (χ2n) is 13.7. The van der Waals surface area contributed by atoms with E-state index in [1.165, 1.54) is 48.1 Å². The maximum atomic E-state index is 6.71. The number of benzene rings is 8. The van der Waals surface area contributed by atoms with Crippen molar-refractivity contribution >= 4 is 96.9 Å². The smallest absolute Gasteiger partial charge is 0.161 e. The van der Waals surface area contributed by atoms with Crippen molar-refractivity contribution < 1.29 is 4.42 Å². The number of aromatic nitrogens is 3. The summed E-state index contributed by atoms with van der Waals surface area (Å²) in [4.78, 5) is 10.6. The van der Waals surface area contributed by atoms with Crippen LogP contribution >= 0.6 is 11.3 Å². The van der Waals surface area contributed by atoms with E-state index in [4.69, 9.17) is 14.4 Å². The van der Waals surface area contributed by atoms with Crippen LogP contribution < -0.4 is 0 Å². The van der Waals surface area contributed by atoms with E-state index in [-0.39, 0.29) is 0 Å². The molecule has 12 rings (SSSR count). The average molecular weight is 694 g/mol. The van der Waals surface area contributed by atoms with Crippen molar-refractivity contribution in [1.82, 2.24) is 14.5 Å². The van der Waals surface area contributed by atoms with Gasteiger partial charge in [0.15, 0.2) is 5.82 Å². The first-order valence-corrected chi connectivity index (χ1v) is 18.6. The third-order valence-corrected chi connectivity index (χ3v) is 12.0. The Hall–Kier alpha value is -6.82. The Morgan fingerprint density at radius 2 is 1.17 bits per heavy atom. The fourth-order valence-electron chi connectivity index (χ4n) is 8.47. The van der Waals surface area contributed by atoms with E-state index >= 15 is 0 Å². The van der Waals surface area contributed by atoms with E-state index in [9.17, 15) is 0 Å². The molecule has 0 atom stereocenters. The summed E-state index contributed by atoms with van der Waals surface area (Å²) in [5.74, 6) is 0.693. The van der Waals surface area contributed by atoms with Crippen molar-refractivity contribution in [3.05, 3.63) is 164 Å². The number of rotatable bonds is 3. The fraction of sp³-hybridized carbons (Fsp3) is 0. The minimum atomic E-state index is 0.693. The molecule has 0 saturated carbocycles. The van der Waals surface area contributed by atoms with Crippen LogP contribution in [0.25, 0.3) is 114 Å². The van der Waals surface area contributed by atoms with E-state index in [2.05, 4.69) is 150 Å². The summed E-state index contributed by atoms with van der Waals surface area (Å²) in [6.45, 7) is 0. The van der Waals surface area contributed by atoms with Gasteiger partial charge >= 0.3 is 0 Å². The van der Waals surface area contributed by atoms with Gasteiger partial charge in [0.1, 0.15) is 11.2 Å². The summed E-state index contributed by atoms with van der Waals surface area (Å²) in [5, 5.41) is 10.7. The van der Waals surface area contributed by atoms with Gasteiger partial charge in [0.2, 0.25) is 0 Å². The van der Waals surface area contributed by atoms with E-state index in [1.54, 1.807) is 11.3 Å². The van der Waals surface area contributed by atoms with Gasteiger partial charge < -0.3 is 8.98 Å². The zero-order chi connectivity index (χ0) is 34.6. The summed E-state index contributed by atoms with van der Waals surface area (Å²) < 4.78 is 11.4. The van der Waals surface area contributed by atoms with Crippen LogP contribution in [0.3, 0.4) is 0 Å². The molecule has 0 aliphatic carbocycles. The predicted octanol–water partition coefficient (Wildman–Crippen LogP) is 13.5. The largest absolute Gasteiger partial charge is 0.456 e. The van der Waals surface area contributed by atoms with E-state index in [0.29, 0.717) is 5.82 Å². The second-order valence-corrected chi connectivity index (χ2v) is 14.7. The topological polar surface area (TPSA) is 43.9 Å². The van der Waals surface area contributed by atoms with Gasteiger partial charge in [0.25, 0.3) is 0 Å². The minimum absolute atomic E-state index is 0.693. The van der Waals surface area contributed by atoms with Crippen molar-refractivity contribution in [2.45, 2.75) is 0 Å². The number of nitrogens with zero attached hydrogens (tertiary/aromatic N) is 3. The SMILES string of the molecule is c1ccc(-c2nc(-c3cccc4oc5cc(-n6c7ccc8ccccc8c7c7c8ccccc8ccc76)ccc5c34)nc3c2sc2ccccc23)cc1. The van der Waals surface area contributed by atoms with Crippen LogP contribution in [-0.4, -0.2) is 14.5 Å². The molecule has 0 aliphatic heterocycles. The number of hydrogen-bond donors (Lipinski definition) is 0. The molecule has 0 fully saturated rings. The summed E-state index contributed by atoms with van der Waals surface area (Å²) in [6, 6.07) is 58.2. The van der Waals surface area contributed by atoms with Gasteiger partial charge in [0.05, 0.1) is 26.9 Å². The Morgan fingerprint density at radius 3 is 1.92 bits per heavy atom. The van der Waals surface area contributed by atoms with Crippen molar-refractivity contribution in [2.75, 3.05) is 0 Å². The summed E-state index contributed by atoms with van der Waals surface area (Å²) in [6.07, 6.45) is 0. The molecule has 0 radical (unpaired) electrons. The molecular formula is C48H27N3OS. The van der Waals surface area contributed by atoms with E-state index in [1.807, 2.05) is 18.2 Å². The molecule has 12 aromatic rings. The molecule has 4 aromatic heterocycles. The third-order valence-electron chi connectivity index (χ3n) is 10.8. The third kappa shape index (κ3) is 4.11. The highest BCUT2D eigenvalue weighted by atomic mass is 32.1. The highest BCUT2D eigenvalue weighted by Gasteiger charge is 2.22. The van der Waals surface area contributed by atoms with Crippen molar-refractivity contribution in [1.29, 1.82) is 0 Å². The molecule has 5 heteroatoms. The van der Waals surface area contributed by atoms with Gasteiger partial charge in [-0.2, -0.15) is 0 Å². The molecular weight excluding hydrogens is 667 g/mol. The lowest BCUT2D eigenvalue weighted by Crippen LogP contribution is -1.94. The van der Waals surface area contributed by atoms with Crippen molar-refractivity contribution in [2.24, 2.45) is 0 Å². The first kappa shape index (κ1) is 28.8. The normalized spacial score (nSPS) is 12.2. The lowest BCUT2D eigenvalue weighted by Gasteiger charge is -2.09. The van der Waals surface area contributed by atoms with Gasteiger partial charge in [-0.05, 0) is 57.9 Å². The van der Waals surface area contributed by atoms with Crippen LogP contribution in [0, 0.1) is 0 Å². The van der Waals surface area contributed by atoms with Crippen LogP contribution in [0.2, 0.25) is 0 Å². The van der Waals surface area contributed by atoms with Gasteiger partial charge in [-0.25, -0.2) is 9.97 Å². The van der Waals surface area contributed by atoms with Crippen LogP contribution in [0.1, 0.15) is 0 Å². The highest BCUT2D eigenvalue weighted by molar-refractivity contribution is 7.26. The van der Waals surface area contributed by atoms with Crippen LogP contribution in [0.5, 0.6) is 0 Å². The Labute approximate surface area is 306 Å².